The van der Waals surface area contributed by atoms with Crippen LogP contribution in [-0.2, 0) is 11.2 Å². The molecule has 0 aromatic heterocycles. The Balaban J connectivity index is 0.000000288. The first kappa shape index (κ1) is 14.4. The van der Waals surface area contributed by atoms with E-state index in [1.165, 1.54) is 5.56 Å². The molecule has 0 saturated carbocycles. The molecule has 84 valence electrons. The number of alkyl halides is 2. The minimum Gasteiger partial charge on any atom is -0.396 e. The van der Waals surface area contributed by atoms with Crippen LogP contribution >= 0.6 is 23.2 Å². The average Bonchev–Trinajstić information content (AvgIpc) is 2.31. The molecule has 0 aliphatic heterocycles. The van der Waals surface area contributed by atoms with Gasteiger partial charge in [-0.05, 0) is 12.0 Å². The average molecular weight is 249 g/mol. The second-order valence-corrected chi connectivity index (χ2v) is 3.30. The highest BCUT2D eigenvalue weighted by Crippen LogP contribution is 1.97. The van der Waals surface area contributed by atoms with Crippen molar-refractivity contribution in [2.75, 3.05) is 18.4 Å². The maximum absolute atomic E-state index is 9.92. The van der Waals surface area contributed by atoms with Gasteiger partial charge in [-0.25, -0.2) is 0 Å². The third-order valence-corrected chi connectivity index (χ3v) is 2.14. The summed E-state index contributed by atoms with van der Waals surface area (Å²) in [4.78, 5) is 9.92. The van der Waals surface area contributed by atoms with Gasteiger partial charge in [0.25, 0.3) is 0 Å². The zero-order valence-electron chi connectivity index (χ0n) is 8.33. The lowest BCUT2D eigenvalue weighted by Crippen LogP contribution is -1.98. The number of aliphatic hydroxyl groups excluding tert-OH is 1. The summed E-state index contributed by atoms with van der Waals surface area (Å²) in [7, 11) is 0. The summed E-state index contributed by atoms with van der Waals surface area (Å²) in [6.45, 7) is 0.240. The van der Waals surface area contributed by atoms with Crippen molar-refractivity contribution in [2.45, 2.75) is 6.42 Å². The number of rotatable bonds is 4. The van der Waals surface area contributed by atoms with Gasteiger partial charge in [-0.2, -0.15) is 0 Å². The van der Waals surface area contributed by atoms with Crippen LogP contribution in [0.2, 0.25) is 0 Å². The lowest BCUT2D eigenvalue weighted by molar-refractivity contribution is -0.114. The van der Waals surface area contributed by atoms with Crippen LogP contribution in [-0.4, -0.2) is 29.3 Å². The summed E-state index contributed by atoms with van der Waals surface area (Å²) in [6.07, 6.45) is 0.765. The van der Waals surface area contributed by atoms with Gasteiger partial charge < -0.3 is 5.11 Å². The maximum atomic E-state index is 9.92. The van der Waals surface area contributed by atoms with Crippen LogP contribution in [0.15, 0.2) is 30.3 Å². The van der Waals surface area contributed by atoms with Gasteiger partial charge in [-0.15, -0.1) is 23.2 Å². The van der Waals surface area contributed by atoms with Crippen molar-refractivity contribution in [1.82, 2.24) is 0 Å². The topological polar surface area (TPSA) is 37.3 Å². The van der Waals surface area contributed by atoms with Crippen LogP contribution in [0, 0.1) is 0 Å². The van der Waals surface area contributed by atoms with E-state index in [9.17, 15) is 4.79 Å². The van der Waals surface area contributed by atoms with E-state index in [-0.39, 0.29) is 24.2 Å². The number of halogens is 2. The van der Waals surface area contributed by atoms with Crippen molar-refractivity contribution < 1.29 is 9.90 Å². The normalized spacial score (nSPS) is 9.00. The Morgan fingerprint density at radius 3 is 2.00 bits per heavy atom. The number of hydrogen-bond acceptors (Lipinski definition) is 2. The van der Waals surface area contributed by atoms with Crippen molar-refractivity contribution >= 4 is 29.0 Å². The van der Waals surface area contributed by atoms with Gasteiger partial charge >= 0.3 is 0 Å². The van der Waals surface area contributed by atoms with E-state index in [1.807, 2.05) is 30.3 Å². The van der Waals surface area contributed by atoms with Gasteiger partial charge in [0.15, 0.2) is 5.78 Å². The van der Waals surface area contributed by atoms with Gasteiger partial charge in [-0.3, -0.25) is 4.79 Å². The molecule has 0 aliphatic rings. The quantitative estimate of drug-likeness (QED) is 0.831. The number of hydrogen-bond donors (Lipinski definition) is 1. The van der Waals surface area contributed by atoms with Gasteiger partial charge in [0.1, 0.15) is 0 Å². The molecule has 0 saturated heterocycles. The zero-order valence-corrected chi connectivity index (χ0v) is 9.84. The van der Waals surface area contributed by atoms with Crippen LogP contribution < -0.4 is 0 Å². The summed E-state index contributed by atoms with van der Waals surface area (Å²) < 4.78 is 0. The predicted octanol–water partition coefficient (Wildman–Crippen LogP) is 2.25. The predicted molar refractivity (Wildman–Crippen MR) is 63.7 cm³/mol. The van der Waals surface area contributed by atoms with Crippen molar-refractivity contribution in [1.29, 1.82) is 0 Å². The summed E-state index contributed by atoms with van der Waals surface area (Å²) in [5.74, 6) is -0.0640. The number of carbonyl (C=O) groups is 1. The van der Waals surface area contributed by atoms with Crippen LogP contribution in [0.1, 0.15) is 5.56 Å². The first-order valence-corrected chi connectivity index (χ1v) is 5.60. The molecule has 0 unspecified atom stereocenters. The molecule has 0 atom stereocenters. The lowest BCUT2D eigenvalue weighted by Gasteiger charge is -1.93. The standard InChI is InChI=1S/C8H10O.C3H4Cl2O/c9-7-6-8-4-2-1-3-5-8;4-1-3(6)2-5/h1-5,9H,6-7H2;1-2H2. The monoisotopic (exact) mass is 248 g/mol. The van der Waals surface area contributed by atoms with Crippen molar-refractivity contribution in [2.24, 2.45) is 0 Å². The summed E-state index contributed by atoms with van der Waals surface area (Å²) >= 11 is 10.0. The molecule has 2 nitrogen and oxygen atoms in total. The van der Waals surface area contributed by atoms with E-state index >= 15 is 0 Å². The van der Waals surface area contributed by atoms with E-state index < -0.39 is 0 Å². The highest BCUT2D eigenvalue weighted by atomic mass is 35.5. The Labute approximate surface area is 99.8 Å². The number of carbonyl (C=O) groups excluding carboxylic acids is 1. The SMILES string of the molecule is O=C(CCl)CCl.OCCc1ccccc1. The van der Waals surface area contributed by atoms with Crippen molar-refractivity contribution in [3.8, 4) is 0 Å². The van der Waals surface area contributed by atoms with Crippen LogP contribution in [0.5, 0.6) is 0 Å². The number of ketones is 1. The second kappa shape index (κ2) is 9.97. The van der Waals surface area contributed by atoms with E-state index in [0.717, 1.165) is 6.42 Å². The molecule has 0 fully saturated rings. The van der Waals surface area contributed by atoms with Crippen molar-refractivity contribution in [3.05, 3.63) is 35.9 Å². The third-order valence-electron chi connectivity index (χ3n) is 1.54. The smallest absolute Gasteiger partial charge is 0.162 e. The summed E-state index contributed by atoms with van der Waals surface area (Å²) in [5, 5.41) is 8.52. The third kappa shape index (κ3) is 8.43. The molecule has 15 heavy (non-hydrogen) atoms. The molecular weight excluding hydrogens is 235 g/mol. The van der Waals surface area contributed by atoms with Gasteiger partial charge in [0.05, 0.1) is 11.8 Å². The molecule has 0 heterocycles. The summed E-state index contributed by atoms with van der Waals surface area (Å²) in [5.41, 5.74) is 1.19. The molecular formula is C11H14Cl2O2. The highest BCUT2D eigenvalue weighted by Gasteiger charge is 1.90. The maximum Gasteiger partial charge on any atom is 0.162 e. The fourth-order valence-corrected chi connectivity index (χ4v) is 1.10. The molecule has 0 amide bonds. The lowest BCUT2D eigenvalue weighted by atomic mass is 10.2. The Kier molecular flexibility index (Phi) is 9.59. The number of aliphatic hydroxyl groups is 1. The minimum absolute atomic E-state index is 0.0312. The zero-order chi connectivity index (χ0) is 11.5. The molecule has 1 rings (SSSR count). The van der Waals surface area contributed by atoms with E-state index in [0.29, 0.717) is 0 Å². The van der Waals surface area contributed by atoms with Crippen LogP contribution in [0.4, 0.5) is 0 Å². The molecule has 1 N–H and O–H groups in total. The van der Waals surface area contributed by atoms with Gasteiger partial charge in [0, 0.05) is 6.61 Å². The van der Waals surface area contributed by atoms with Crippen LogP contribution in [0.3, 0.4) is 0 Å². The Morgan fingerprint density at radius 1 is 1.13 bits per heavy atom. The van der Waals surface area contributed by atoms with E-state index in [1.54, 1.807) is 0 Å². The van der Waals surface area contributed by atoms with Crippen molar-refractivity contribution in [3.63, 3.8) is 0 Å². The van der Waals surface area contributed by atoms with E-state index in [4.69, 9.17) is 28.3 Å². The molecule has 0 bridgehead atoms. The molecule has 0 aliphatic carbocycles. The Bertz CT molecular complexity index is 257. The number of benzene rings is 1. The summed E-state index contributed by atoms with van der Waals surface area (Å²) in [6, 6.07) is 9.95. The van der Waals surface area contributed by atoms with Gasteiger partial charge in [0.2, 0.25) is 0 Å². The van der Waals surface area contributed by atoms with Gasteiger partial charge in [-0.1, -0.05) is 30.3 Å². The first-order chi connectivity index (χ1) is 7.24. The molecule has 1 aromatic carbocycles. The fourth-order valence-electron chi connectivity index (χ4n) is 0.809. The first-order valence-electron chi connectivity index (χ1n) is 4.53. The Hall–Kier alpha value is -0.570. The number of Topliss-reactive ketones (excluding diaryl/α,β-unsaturated/α-hetero) is 1. The van der Waals surface area contributed by atoms with Crippen LogP contribution in [0.25, 0.3) is 0 Å². The highest BCUT2D eigenvalue weighted by molar-refractivity contribution is 6.35. The largest absolute Gasteiger partial charge is 0.396 e. The molecule has 0 radical (unpaired) electrons. The molecule has 4 heteroatoms. The minimum atomic E-state index is -0.127. The molecule has 0 spiro atoms. The fraction of sp³-hybridized carbons (Fsp3) is 0.364. The van der Waals surface area contributed by atoms with E-state index in [2.05, 4.69) is 0 Å². The Morgan fingerprint density at radius 2 is 1.67 bits per heavy atom. The molecule has 1 aromatic rings. The second-order valence-electron chi connectivity index (χ2n) is 2.77.